The molecule has 0 fully saturated rings. The normalized spacial score (nSPS) is 10.8. The van der Waals surface area contributed by atoms with E-state index in [1.54, 1.807) is 19.4 Å². The summed E-state index contributed by atoms with van der Waals surface area (Å²) in [7, 11) is 1.80. The highest BCUT2D eigenvalue weighted by atomic mass is 16.1. The van der Waals surface area contributed by atoms with Crippen molar-refractivity contribution in [3.63, 3.8) is 0 Å². The molecule has 0 aliphatic heterocycles. The van der Waals surface area contributed by atoms with Crippen molar-refractivity contribution in [1.82, 2.24) is 25.3 Å². The van der Waals surface area contributed by atoms with Gasteiger partial charge in [-0.05, 0) is 23.8 Å². The Morgan fingerprint density at radius 1 is 1.11 bits per heavy atom. The lowest BCUT2D eigenvalue weighted by Crippen LogP contribution is -2.25. The first-order valence-corrected chi connectivity index (χ1v) is 9.01. The van der Waals surface area contributed by atoms with Crippen LogP contribution in [0.5, 0.6) is 0 Å². The van der Waals surface area contributed by atoms with Gasteiger partial charge in [0.05, 0.1) is 18.7 Å². The number of para-hydroxylation sites is 1. The molecule has 4 aromatic rings. The molecule has 4 rings (SSSR count). The first-order chi connectivity index (χ1) is 13.7. The van der Waals surface area contributed by atoms with Gasteiger partial charge in [-0.3, -0.25) is 9.78 Å². The summed E-state index contributed by atoms with van der Waals surface area (Å²) in [4.78, 5) is 28.7. The number of aromatic amines is 1. The molecule has 7 heteroatoms. The van der Waals surface area contributed by atoms with Gasteiger partial charge in [-0.25, -0.2) is 9.97 Å². The predicted octanol–water partition coefficient (Wildman–Crippen LogP) is 2.92. The number of pyridine rings is 1. The fourth-order valence-corrected chi connectivity index (χ4v) is 3.05. The highest BCUT2D eigenvalue weighted by Crippen LogP contribution is 2.19. The number of nitrogens with zero attached hydrogens (tertiary/aromatic N) is 3. The van der Waals surface area contributed by atoms with Crippen molar-refractivity contribution in [1.29, 1.82) is 0 Å². The maximum Gasteiger partial charge on any atom is 0.224 e. The number of anilines is 1. The summed E-state index contributed by atoms with van der Waals surface area (Å²) in [5.41, 5.74) is 3.61. The topological polar surface area (TPSA) is 95.6 Å². The van der Waals surface area contributed by atoms with Gasteiger partial charge in [-0.2, -0.15) is 0 Å². The molecule has 0 saturated carbocycles. The number of H-pyrrole nitrogens is 1. The molecule has 0 aliphatic carbocycles. The molecule has 3 aromatic heterocycles. The van der Waals surface area contributed by atoms with Crippen LogP contribution >= 0.6 is 0 Å². The van der Waals surface area contributed by atoms with Crippen molar-refractivity contribution in [2.24, 2.45) is 0 Å². The lowest BCUT2D eigenvalue weighted by Gasteiger charge is -2.09. The van der Waals surface area contributed by atoms with Crippen molar-refractivity contribution in [3.8, 4) is 11.4 Å². The SMILES string of the molecule is CNc1cc(CNC(=O)Cc2c[nH]c3ccccc23)nc(-c2ccncc2)n1. The van der Waals surface area contributed by atoms with Gasteiger partial charge in [0.25, 0.3) is 0 Å². The van der Waals surface area contributed by atoms with Gasteiger partial charge in [0.1, 0.15) is 5.82 Å². The minimum atomic E-state index is -0.0557. The second kappa shape index (κ2) is 7.87. The van der Waals surface area contributed by atoms with Crippen LogP contribution in [0.3, 0.4) is 0 Å². The van der Waals surface area contributed by atoms with Crippen LogP contribution in [0.15, 0.2) is 61.1 Å². The number of aromatic nitrogens is 4. The Morgan fingerprint density at radius 3 is 2.75 bits per heavy atom. The van der Waals surface area contributed by atoms with Crippen LogP contribution in [0, 0.1) is 0 Å². The maximum atomic E-state index is 12.4. The lowest BCUT2D eigenvalue weighted by atomic mass is 10.1. The minimum absolute atomic E-state index is 0.0557. The van der Waals surface area contributed by atoms with E-state index in [-0.39, 0.29) is 5.91 Å². The van der Waals surface area contributed by atoms with E-state index in [2.05, 4.69) is 30.6 Å². The Hall–Kier alpha value is -3.74. The first-order valence-electron chi connectivity index (χ1n) is 9.01. The zero-order chi connectivity index (χ0) is 19.3. The second-order valence-corrected chi connectivity index (χ2v) is 6.37. The number of hydrogen-bond donors (Lipinski definition) is 3. The van der Waals surface area contributed by atoms with Gasteiger partial charge >= 0.3 is 0 Å². The van der Waals surface area contributed by atoms with Crippen LogP contribution in [0.4, 0.5) is 5.82 Å². The standard InChI is InChI=1S/C21H20N6O/c1-22-19-11-16(26-21(27-19)14-6-8-23-9-7-14)13-25-20(28)10-15-12-24-18-5-3-2-4-17(15)18/h2-9,11-12,24H,10,13H2,1H3,(H,25,28)(H,22,26,27). The van der Waals surface area contributed by atoms with Crippen LogP contribution in [-0.4, -0.2) is 32.9 Å². The number of rotatable bonds is 6. The van der Waals surface area contributed by atoms with Gasteiger partial charge in [0.2, 0.25) is 5.91 Å². The average Bonchev–Trinajstić information content (AvgIpc) is 3.15. The summed E-state index contributed by atoms with van der Waals surface area (Å²) in [5, 5.41) is 7.05. The van der Waals surface area contributed by atoms with E-state index in [4.69, 9.17) is 0 Å². The van der Waals surface area contributed by atoms with E-state index in [1.807, 2.05) is 48.7 Å². The molecule has 3 N–H and O–H groups in total. The van der Waals surface area contributed by atoms with Crippen LogP contribution in [-0.2, 0) is 17.8 Å². The highest BCUT2D eigenvalue weighted by Gasteiger charge is 2.10. The van der Waals surface area contributed by atoms with Crippen LogP contribution in [0.25, 0.3) is 22.3 Å². The monoisotopic (exact) mass is 372 g/mol. The molecule has 28 heavy (non-hydrogen) atoms. The first kappa shape index (κ1) is 17.7. The van der Waals surface area contributed by atoms with Crippen molar-refractivity contribution in [2.75, 3.05) is 12.4 Å². The summed E-state index contributed by atoms with van der Waals surface area (Å²) in [6, 6.07) is 13.5. The third-order valence-corrected chi connectivity index (χ3v) is 4.47. The Bertz CT molecular complexity index is 1110. The smallest absolute Gasteiger partial charge is 0.224 e. The molecule has 1 aromatic carbocycles. The molecular formula is C21H20N6O. The quantitative estimate of drug-likeness (QED) is 0.484. The van der Waals surface area contributed by atoms with Crippen molar-refractivity contribution in [3.05, 3.63) is 72.3 Å². The van der Waals surface area contributed by atoms with E-state index in [0.29, 0.717) is 24.6 Å². The molecule has 3 heterocycles. The molecule has 0 spiro atoms. The van der Waals surface area contributed by atoms with Gasteiger partial charge in [-0.1, -0.05) is 18.2 Å². The van der Waals surface area contributed by atoms with E-state index >= 15 is 0 Å². The third kappa shape index (κ3) is 3.83. The summed E-state index contributed by atoms with van der Waals surface area (Å²) in [6.45, 7) is 0.330. The number of nitrogens with one attached hydrogen (secondary N) is 3. The van der Waals surface area contributed by atoms with Gasteiger partial charge in [0.15, 0.2) is 5.82 Å². The molecule has 0 aliphatic rings. The predicted molar refractivity (Wildman–Crippen MR) is 109 cm³/mol. The molecular weight excluding hydrogens is 352 g/mol. The number of hydrogen-bond acceptors (Lipinski definition) is 5. The Labute approximate surface area is 162 Å². The second-order valence-electron chi connectivity index (χ2n) is 6.37. The number of carbonyl (C=O) groups excluding carboxylic acids is 1. The zero-order valence-electron chi connectivity index (χ0n) is 15.4. The molecule has 0 saturated heterocycles. The third-order valence-electron chi connectivity index (χ3n) is 4.47. The molecule has 0 radical (unpaired) electrons. The van der Waals surface area contributed by atoms with Crippen molar-refractivity contribution < 1.29 is 4.79 Å². The van der Waals surface area contributed by atoms with Gasteiger partial charge in [0, 0.05) is 48.2 Å². The van der Waals surface area contributed by atoms with Crippen LogP contribution in [0.2, 0.25) is 0 Å². The molecule has 140 valence electrons. The van der Waals surface area contributed by atoms with Crippen molar-refractivity contribution in [2.45, 2.75) is 13.0 Å². The zero-order valence-corrected chi connectivity index (χ0v) is 15.4. The molecule has 0 unspecified atom stereocenters. The van der Waals surface area contributed by atoms with Crippen molar-refractivity contribution >= 4 is 22.6 Å². The minimum Gasteiger partial charge on any atom is -0.373 e. The van der Waals surface area contributed by atoms with E-state index in [9.17, 15) is 4.79 Å². The fourth-order valence-electron chi connectivity index (χ4n) is 3.05. The molecule has 0 bridgehead atoms. The van der Waals surface area contributed by atoms with Gasteiger partial charge in [-0.15, -0.1) is 0 Å². The van der Waals surface area contributed by atoms with Crippen LogP contribution < -0.4 is 10.6 Å². The number of amides is 1. The van der Waals surface area contributed by atoms with Crippen LogP contribution in [0.1, 0.15) is 11.3 Å². The van der Waals surface area contributed by atoms with E-state index < -0.39 is 0 Å². The summed E-state index contributed by atoms with van der Waals surface area (Å²) >= 11 is 0. The number of fused-ring (bicyclic) bond motifs is 1. The summed E-state index contributed by atoms with van der Waals surface area (Å²) in [5.74, 6) is 1.23. The van der Waals surface area contributed by atoms with E-state index in [1.165, 1.54) is 0 Å². The lowest BCUT2D eigenvalue weighted by molar-refractivity contribution is -0.120. The average molecular weight is 372 g/mol. The Morgan fingerprint density at radius 2 is 1.93 bits per heavy atom. The Kier molecular flexibility index (Phi) is 4.97. The molecule has 0 atom stereocenters. The largest absolute Gasteiger partial charge is 0.373 e. The number of benzene rings is 1. The van der Waals surface area contributed by atoms with E-state index in [0.717, 1.165) is 27.7 Å². The maximum absolute atomic E-state index is 12.4. The highest BCUT2D eigenvalue weighted by molar-refractivity contribution is 5.88. The summed E-state index contributed by atoms with van der Waals surface area (Å²) < 4.78 is 0. The Balaban J connectivity index is 1.47. The fraction of sp³-hybridized carbons (Fsp3) is 0.143. The summed E-state index contributed by atoms with van der Waals surface area (Å²) in [6.07, 6.45) is 5.60. The number of carbonyl (C=O) groups is 1. The molecule has 1 amide bonds. The molecule has 7 nitrogen and oxygen atoms in total. The van der Waals surface area contributed by atoms with Gasteiger partial charge < -0.3 is 15.6 Å².